The molecule has 0 unspecified atom stereocenters. The Labute approximate surface area is 818 Å². The van der Waals surface area contributed by atoms with Gasteiger partial charge in [0.2, 0.25) is 0 Å². The van der Waals surface area contributed by atoms with Crippen LogP contribution in [0.3, 0.4) is 0 Å². The van der Waals surface area contributed by atoms with E-state index in [-0.39, 0.29) is 5.41 Å². The van der Waals surface area contributed by atoms with Gasteiger partial charge in [-0.2, -0.15) is 0 Å². The summed E-state index contributed by atoms with van der Waals surface area (Å²) in [7, 11) is 0. The van der Waals surface area contributed by atoms with E-state index >= 15 is 0 Å². The molecule has 7 aromatic heterocycles. The van der Waals surface area contributed by atoms with Crippen LogP contribution in [0, 0.1) is 0 Å². The number of benzene rings is 24. The fourth-order valence-corrected chi connectivity index (χ4v) is 25.0. The lowest BCUT2D eigenvalue weighted by Crippen LogP contribution is -2.14. The fourth-order valence-electron chi connectivity index (χ4n) is 23.7. The predicted octanol–water partition coefficient (Wildman–Crippen LogP) is 38.8. The molecule has 24 aromatic carbocycles. The molecule has 31 aromatic rings. The van der Waals surface area contributed by atoms with E-state index in [1.165, 1.54) is 217 Å². The van der Waals surface area contributed by atoms with Gasteiger partial charge in [0, 0.05) is 124 Å². The molecule has 664 valence electrons. The monoisotopic (exact) mass is 1830 g/mol. The molecule has 1 aliphatic carbocycles. The van der Waals surface area contributed by atoms with E-state index in [0.717, 1.165) is 77.2 Å². The quantitative estimate of drug-likeness (QED) is 0.156. The van der Waals surface area contributed by atoms with Crippen LogP contribution in [0.5, 0.6) is 0 Å². The van der Waals surface area contributed by atoms with Gasteiger partial charge < -0.3 is 26.8 Å². The fraction of sp³-hybridized carbons (Fsp3) is 0.0222. The summed E-state index contributed by atoms with van der Waals surface area (Å²) in [4.78, 5) is 0. The average Bonchev–Trinajstić information content (AvgIpc) is 0.835. The molecule has 1 aliphatic rings. The van der Waals surface area contributed by atoms with Gasteiger partial charge in [0.25, 0.3) is 0 Å². The van der Waals surface area contributed by atoms with E-state index in [0.29, 0.717) is 0 Å². The highest BCUT2D eigenvalue weighted by molar-refractivity contribution is 7.27. The summed E-state index contributed by atoms with van der Waals surface area (Å²) in [6, 6.07) is 164. The summed E-state index contributed by atoms with van der Waals surface area (Å²) in [5.41, 5.74) is 26.9. The first-order chi connectivity index (χ1) is 70.2. The Morgan fingerprint density at radius 1 is 0.225 bits per heavy atom. The predicted molar refractivity (Wildman–Crippen MR) is 601 cm³/mol. The Morgan fingerprint density at radius 3 is 1.18 bits per heavy atom. The number of aromatic nitrogens is 2. The molecule has 0 atom stereocenters. The van der Waals surface area contributed by atoms with Gasteiger partial charge in [-0.15, -0.1) is 11.3 Å². The first-order valence-corrected chi connectivity index (χ1v) is 49.5. The second-order valence-electron chi connectivity index (χ2n) is 38.2. The summed E-state index contributed by atoms with van der Waals surface area (Å²) < 4.78 is 32.1. The molecule has 0 bridgehead atoms. The van der Waals surface area contributed by atoms with Crippen molar-refractivity contribution >= 4 is 227 Å². The Bertz CT molecular complexity index is 10700. The molecule has 0 saturated heterocycles. The maximum absolute atomic E-state index is 6.52. The highest BCUT2D eigenvalue weighted by Gasteiger charge is 2.36. The number of nitrogens with zero attached hydrogens (tertiary/aromatic N) is 2. The van der Waals surface area contributed by atoms with Crippen molar-refractivity contribution in [3.8, 4) is 67.0 Å². The molecule has 0 amide bonds. The highest BCUT2D eigenvalue weighted by Crippen LogP contribution is 2.54. The summed E-state index contributed by atoms with van der Waals surface area (Å²) in [5, 5.41) is 35.8. The van der Waals surface area contributed by atoms with Gasteiger partial charge in [0.15, 0.2) is 0 Å². The Kier molecular flexibility index (Phi) is 18.3. The first-order valence-electron chi connectivity index (χ1n) is 48.7. The minimum Gasteiger partial charge on any atom is -0.472 e. The van der Waals surface area contributed by atoms with Gasteiger partial charge in [-0.3, -0.25) is 0 Å². The van der Waals surface area contributed by atoms with Crippen LogP contribution < -0.4 is 0 Å². The number of fused-ring (bicyclic) bond motifs is 37. The maximum Gasteiger partial charge on any atom is 0.143 e. The average molecular weight is 1830 g/mol. The minimum absolute atomic E-state index is 0.0272. The molecule has 0 aliphatic heterocycles. The lowest BCUT2D eigenvalue weighted by Gasteiger charge is -2.22. The zero-order chi connectivity index (χ0) is 93.5. The van der Waals surface area contributed by atoms with Crippen molar-refractivity contribution in [2.24, 2.45) is 0 Å². The summed E-state index contributed by atoms with van der Waals surface area (Å²) in [5.74, 6) is 0. The lowest BCUT2D eigenvalue weighted by atomic mass is 9.81. The van der Waals surface area contributed by atoms with Crippen molar-refractivity contribution in [2.45, 2.75) is 19.3 Å². The van der Waals surface area contributed by atoms with E-state index < -0.39 is 0 Å². The van der Waals surface area contributed by atoms with Gasteiger partial charge in [0.05, 0.1) is 29.1 Å². The molecule has 6 nitrogen and oxygen atoms in total. The van der Waals surface area contributed by atoms with Crippen LogP contribution in [-0.2, 0) is 5.41 Å². The Balaban J connectivity index is 0.0000000918. The third-order valence-electron chi connectivity index (χ3n) is 30.2. The topological polar surface area (TPSA) is 62.4 Å². The van der Waals surface area contributed by atoms with E-state index in [1.807, 2.05) is 41.7 Å². The SMILES string of the molecule is CC1(C)c2ccccc2-c2ccc(-c3cc4ccccc4c4c3ccc3c5ccccc5oc34)cc21.c1ccc(-n2c3ccccc3c3cc(-c4cc5ccccc5c5c4ccc4c5sc5ccc6ccccc6c54)ccc32)cc1.c1ccc(-n2cc(-c3cc4ccccc4c4c3ccc3c5ccccc5oc34)c3ccccc32)cc1.c1ccc2c(c1)cc(-c1ccoc1)c1ccc3c4ccccc4oc3c12. The van der Waals surface area contributed by atoms with Gasteiger partial charge in [0.1, 0.15) is 33.5 Å². The largest absolute Gasteiger partial charge is 0.472 e. The molecule has 0 radical (unpaired) electrons. The number of thiophene rings is 1. The van der Waals surface area contributed by atoms with Crippen molar-refractivity contribution in [2.75, 3.05) is 0 Å². The van der Waals surface area contributed by atoms with E-state index in [2.05, 4.69) is 454 Å². The van der Waals surface area contributed by atoms with Gasteiger partial charge in [-0.1, -0.05) is 341 Å². The second-order valence-corrected chi connectivity index (χ2v) is 39.3. The zero-order valence-corrected chi connectivity index (χ0v) is 78.3. The zero-order valence-electron chi connectivity index (χ0n) is 77.5. The molecule has 0 saturated carbocycles. The number of para-hydroxylation sites is 7. The summed E-state index contributed by atoms with van der Waals surface area (Å²) in [6.45, 7) is 4.69. The number of rotatable bonds is 6. The number of hydrogen-bond acceptors (Lipinski definition) is 5. The third-order valence-corrected chi connectivity index (χ3v) is 31.4. The summed E-state index contributed by atoms with van der Waals surface area (Å²) >= 11 is 1.93. The van der Waals surface area contributed by atoms with Crippen molar-refractivity contribution in [1.29, 1.82) is 0 Å². The summed E-state index contributed by atoms with van der Waals surface area (Å²) in [6.07, 6.45) is 5.80. The molecule has 0 fully saturated rings. The van der Waals surface area contributed by atoms with Crippen LogP contribution >= 0.6 is 11.3 Å². The van der Waals surface area contributed by atoms with Gasteiger partial charge in [-0.25, -0.2) is 0 Å². The molecule has 7 heterocycles. The molecular formula is C135H84N2O4S. The van der Waals surface area contributed by atoms with E-state index in [4.69, 9.17) is 17.7 Å². The van der Waals surface area contributed by atoms with E-state index in [1.54, 1.807) is 12.5 Å². The van der Waals surface area contributed by atoms with Gasteiger partial charge >= 0.3 is 0 Å². The van der Waals surface area contributed by atoms with Crippen LogP contribution in [0.2, 0.25) is 0 Å². The van der Waals surface area contributed by atoms with Crippen molar-refractivity contribution in [1.82, 2.24) is 9.13 Å². The first kappa shape index (κ1) is 81.1. The lowest BCUT2D eigenvalue weighted by molar-refractivity contribution is 0.568. The van der Waals surface area contributed by atoms with Crippen molar-refractivity contribution in [3.63, 3.8) is 0 Å². The Hall–Kier alpha value is -18.1. The van der Waals surface area contributed by atoms with E-state index in [9.17, 15) is 0 Å². The van der Waals surface area contributed by atoms with Crippen LogP contribution in [0.4, 0.5) is 0 Å². The smallest absolute Gasteiger partial charge is 0.143 e. The van der Waals surface area contributed by atoms with Crippen LogP contribution in [0.1, 0.15) is 25.0 Å². The highest BCUT2D eigenvalue weighted by atomic mass is 32.1. The minimum atomic E-state index is -0.0272. The maximum atomic E-state index is 6.52. The normalized spacial score (nSPS) is 12.5. The molecule has 0 N–H and O–H groups in total. The van der Waals surface area contributed by atoms with Crippen LogP contribution in [-0.4, -0.2) is 9.13 Å². The molecule has 0 spiro atoms. The van der Waals surface area contributed by atoms with Crippen LogP contribution in [0.15, 0.2) is 491 Å². The molecular weight excluding hydrogens is 1750 g/mol. The Morgan fingerprint density at radius 2 is 0.627 bits per heavy atom. The van der Waals surface area contributed by atoms with Gasteiger partial charge in [-0.05, 0) is 258 Å². The third kappa shape index (κ3) is 12.5. The standard InChI is InChI=1S/C42H25NS.C35H24O.C34H21NO.C24H14O2/c1-2-12-29(13-3-1)43-37-17-9-8-16-32(37)36-25-28(18-22-38(36)43)35-24-27-11-5-7-15-31(27)41-33(35)20-21-34-40-30-14-6-4-10-26(30)19-23-39(40)44-42(34)41;1-35(2)30-13-7-5-11-24(30)25-16-15-22(20-31(25)35)29-19-21-9-3-4-10-23(21)33-27(29)17-18-28-26-12-6-8-14-32(26)36-34(28)33;1-2-11-23(12-3-1)35-21-30(25-14-6-8-16-31(25)35)29-20-22-10-4-5-13-24(22)33-27(29)18-19-28-26-15-7-9-17-32(26)36-34(28)33;1-2-6-17-15(5-1)13-21(16-11-12-25-14-16)19-9-10-20-18-7-3-4-8-22(18)26-24(20)23(17)19/h1-25H;3-20H,1-2H3;1-21H;1-14H. The molecule has 142 heavy (non-hydrogen) atoms. The molecule has 32 rings (SSSR count). The van der Waals surface area contributed by atoms with Crippen molar-refractivity contribution < 1.29 is 17.7 Å². The number of furan rings is 4. The number of hydrogen-bond donors (Lipinski definition) is 0. The van der Waals surface area contributed by atoms with Crippen molar-refractivity contribution in [3.05, 3.63) is 485 Å². The van der Waals surface area contributed by atoms with Crippen LogP contribution in [0.25, 0.3) is 283 Å². The molecule has 7 heteroatoms. The second kappa shape index (κ2) is 32.0.